The Morgan fingerprint density at radius 3 is 2.82 bits per heavy atom. The van der Waals surface area contributed by atoms with Crippen molar-refractivity contribution in [3.8, 4) is 5.75 Å². The van der Waals surface area contributed by atoms with Gasteiger partial charge >= 0.3 is 0 Å². The zero-order chi connectivity index (χ0) is 12.1. The number of hydrogen-bond donors (Lipinski definition) is 1. The summed E-state index contributed by atoms with van der Waals surface area (Å²) in [4.78, 5) is 0. The first-order valence-electron chi connectivity index (χ1n) is 6.37. The molecule has 0 aliphatic carbocycles. The van der Waals surface area contributed by atoms with Crippen LogP contribution in [0.25, 0.3) is 0 Å². The molecule has 1 aromatic carbocycles. The highest BCUT2D eigenvalue weighted by molar-refractivity contribution is 5.22. The lowest BCUT2D eigenvalue weighted by Crippen LogP contribution is -2.32. The van der Waals surface area contributed by atoms with E-state index < -0.39 is 0 Å². The predicted molar refractivity (Wildman–Crippen MR) is 66.7 cm³/mol. The maximum absolute atomic E-state index is 12.7. The second-order valence-corrected chi connectivity index (χ2v) is 4.83. The minimum atomic E-state index is -0.221. The number of piperidine rings is 1. The fraction of sp³-hybridized carbons (Fsp3) is 0.571. The molecule has 2 nitrogen and oxygen atoms in total. The molecule has 2 rings (SSSR count). The van der Waals surface area contributed by atoms with E-state index in [4.69, 9.17) is 4.74 Å². The van der Waals surface area contributed by atoms with Crippen LogP contribution in [0.2, 0.25) is 0 Å². The molecule has 1 N–H and O–H groups in total. The summed E-state index contributed by atoms with van der Waals surface area (Å²) in [6.45, 7) is 4.32. The Morgan fingerprint density at radius 2 is 2.18 bits per heavy atom. The molecule has 2 atom stereocenters. The molecule has 2 unspecified atom stereocenters. The Bertz CT molecular complexity index is 333. The number of rotatable bonds is 4. The van der Waals surface area contributed by atoms with Crippen LogP contribution in [0.15, 0.2) is 24.3 Å². The van der Waals surface area contributed by atoms with Crippen LogP contribution < -0.4 is 10.1 Å². The molecule has 17 heavy (non-hydrogen) atoms. The first kappa shape index (κ1) is 12.4. The van der Waals surface area contributed by atoms with Crippen molar-refractivity contribution in [2.24, 2.45) is 5.92 Å². The standard InChI is InChI=1S/C14H20FNO/c1-11(9-12-3-2-8-16-10-12)17-14-6-4-13(15)5-7-14/h4-7,11-12,16H,2-3,8-10H2,1H3. The van der Waals surface area contributed by atoms with Crippen LogP contribution in [0.3, 0.4) is 0 Å². The third-order valence-corrected chi connectivity index (χ3v) is 3.22. The largest absolute Gasteiger partial charge is 0.491 e. The van der Waals surface area contributed by atoms with Crippen LogP contribution in [-0.4, -0.2) is 19.2 Å². The number of ether oxygens (including phenoxy) is 1. The monoisotopic (exact) mass is 237 g/mol. The second-order valence-electron chi connectivity index (χ2n) is 4.83. The van der Waals surface area contributed by atoms with Crippen molar-refractivity contribution in [2.75, 3.05) is 13.1 Å². The van der Waals surface area contributed by atoms with E-state index in [1.165, 1.54) is 25.0 Å². The molecule has 0 radical (unpaired) electrons. The van der Waals surface area contributed by atoms with E-state index in [1.807, 2.05) is 0 Å². The Morgan fingerprint density at radius 1 is 1.41 bits per heavy atom. The Hall–Kier alpha value is -1.09. The molecule has 0 spiro atoms. The summed E-state index contributed by atoms with van der Waals surface area (Å²) in [7, 11) is 0. The first-order chi connectivity index (χ1) is 8.24. The van der Waals surface area contributed by atoms with Gasteiger partial charge in [-0.1, -0.05) is 0 Å². The van der Waals surface area contributed by atoms with Gasteiger partial charge in [0.1, 0.15) is 11.6 Å². The van der Waals surface area contributed by atoms with E-state index in [2.05, 4.69) is 12.2 Å². The quantitative estimate of drug-likeness (QED) is 0.869. The molecule has 0 amide bonds. The van der Waals surface area contributed by atoms with Gasteiger partial charge in [0.25, 0.3) is 0 Å². The molecule has 1 aromatic rings. The van der Waals surface area contributed by atoms with E-state index >= 15 is 0 Å². The summed E-state index contributed by atoms with van der Waals surface area (Å²) in [5, 5.41) is 3.41. The molecular formula is C14H20FNO. The van der Waals surface area contributed by atoms with Gasteiger partial charge in [0.05, 0.1) is 6.10 Å². The van der Waals surface area contributed by atoms with Crippen molar-refractivity contribution in [1.82, 2.24) is 5.32 Å². The summed E-state index contributed by atoms with van der Waals surface area (Å²) in [5.41, 5.74) is 0. The van der Waals surface area contributed by atoms with Gasteiger partial charge in [-0.3, -0.25) is 0 Å². The number of benzene rings is 1. The second kappa shape index (κ2) is 6.01. The Balaban J connectivity index is 1.79. The van der Waals surface area contributed by atoms with E-state index in [0.717, 1.165) is 25.3 Å². The minimum Gasteiger partial charge on any atom is -0.491 e. The lowest BCUT2D eigenvalue weighted by molar-refractivity contribution is 0.173. The molecule has 1 aliphatic heterocycles. The highest BCUT2D eigenvalue weighted by Crippen LogP contribution is 2.20. The van der Waals surface area contributed by atoms with Crippen LogP contribution in [0.5, 0.6) is 5.75 Å². The summed E-state index contributed by atoms with van der Waals surface area (Å²) in [6, 6.07) is 6.24. The highest BCUT2D eigenvalue weighted by atomic mass is 19.1. The van der Waals surface area contributed by atoms with Crippen molar-refractivity contribution in [2.45, 2.75) is 32.3 Å². The summed E-state index contributed by atoms with van der Waals surface area (Å²) in [5.74, 6) is 1.24. The van der Waals surface area contributed by atoms with Gasteiger partial charge in [0.2, 0.25) is 0 Å². The molecular weight excluding hydrogens is 217 g/mol. The SMILES string of the molecule is CC(CC1CCCNC1)Oc1ccc(F)cc1. The molecule has 1 saturated heterocycles. The fourth-order valence-corrected chi connectivity index (χ4v) is 2.39. The van der Waals surface area contributed by atoms with E-state index in [1.54, 1.807) is 12.1 Å². The first-order valence-corrected chi connectivity index (χ1v) is 6.37. The van der Waals surface area contributed by atoms with Gasteiger partial charge in [-0.25, -0.2) is 4.39 Å². The van der Waals surface area contributed by atoms with Gasteiger partial charge < -0.3 is 10.1 Å². The summed E-state index contributed by atoms with van der Waals surface area (Å²) in [6.07, 6.45) is 3.79. The van der Waals surface area contributed by atoms with E-state index in [9.17, 15) is 4.39 Å². The molecule has 3 heteroatoms. The smallest absolute Gasteiger partial charge is 0.123 e. The lowest BCUT2D eigenvalue weighted by atomic mass is 9.94. The van der Waals surface area contributed by atoms with Gasteiger partial charge in [-0.05, 0) is 69.5 Å². The fourth-order valence-electron chi connectivity index (χ4n) is 2.39. The Kier molecular flexibility index (Phi) is 4.37. The Labute approximate surface area is 102 Å². The molecule has 0 saturated carbocycles. The number of hydrogen-bond acceptors (Lipinski definition) is 2. The molecule has 1 heterocycles. The maximum Gasteiger partial charge on any atom is 0.123 e. The van der Waals surface area contributed by atoms with Crippen LogP contribution in [0.1, 0.15) is 26.2 Å². The van der Waals surface area contributed by atoms with Crippen molar-refractivity contribution < 1.29 is 9.13 Å². The number of nitrogens with one attached hydrogen (secondary N) is 1. The molecule has 1 aliphatic rings. The van der Waals surface area contributed by atoms with Gasteiger partial charge in [0, 0.05) is 0 Å². The van der Waals surface area contributed by atoms with Crippen molar-refractivity contribution in [1.29, 1.82) is 0 Å². The summed E-state index contributed by atoms with van der Waals surface area (Å²) < 4.78 is 18.5. The van der Waals surface area contributed by atoms with Crippen LogP contribution in [0, 0.1) is 11.7 Å². The van der Waals surface area contributed by atoms with Crippen molar-refractivity contribution >= 4 is 0 Å². The average Bonchev–Trinajstić information content (AvgIpc) is 2.33. The van der Waals surface area contributed by atoms with Crippen LogP contribution >= 0.6 is 0 Å². The van der Waals surface area contributed by atoms with Crippen molar-refractivity contribution in [3.05, 3.63) is 30.1 Å². The highest BCUT2D eigenvalue weighted by Gasteiger charge is 2.16. The average molecular weight is 237 g/mol. The third kappa shape index (κ3) is 4.00. The molecule has 0 bridgehead atoms. The zero-order valence-corrected chi connectivity index (χ0v) is 10.3. The zero-order valence-electron chi connectivity index (χ0n) is 10.3. The van der Waals surface area contributed by atoms with Gasteiger partial charge in [-0.15, -0.1) is 0 Å². The van der Waals surface area contributed by atoms with Gasteiger partial charge in [-0.2, -0.15) is 0 Å². The van der Waals surface area contributed by atoms with E-state index in [-0.39, 0.29) is 11.9 Å². The lowest BCUT2D eigenvalue weighted by Gasteiger charge is -2.25. The van der Waals surface area contributed by atoms with Crippen molar-refractivity contribution in [3.63, 3.8) is 0 Å². The van der Waals surface area contributed by atoms with Gasteiger partial charge in [0.15, 0.2) is 0 Å². The topological polar surface area (TPSA) is 21.3 Å². The third-order valence-electron chi connectivity index (χ3n) is 3.22. The van der Waals surface area contributed by atoms with E-state index in [0.29, 0.717) is 5.92 Å². The van der Waals surface area contributed by atoms with Crippen LogP contribution in [-0.2, 0) is 0 Å². The number of halogens is 1. The predicted octanol–water partition coefficient (Wildman–Crippen LogP) is 2.98. The minimum absolute atomic E-state index is 0.186. The van der Waals surface area contributed by atoms with Crippen LogP contribution in [0.4, 0.5) is 4.39 Å². The normalized spacial score (nSPS) is 22.1. The maximum atomic E-state index is 12.7. The molecule has 1 fully saturated rings. The molecule has 0 aromatic heterocycles. The molecule has 94 valence electrons. The summed E-state index contributed by atoms with van der Waals surface area (Å²) >= 11 is 0.